The summed E-state index contributed by atoms with van der Waals surface area (Å²) in [5.41, 5.74) is 1.35. The summed E-state index contributed by atoms with van der Waals surface area (Å²) in [6.07, 6.45) is 4.95. The van der Waals surface area contributed by atoms with E-state index in [2.05, 4.69) is 20.1 Å². The van der Waals surface area contributed by atoms with Gasteiger partial charge in [0, 0.05) is 30.6 Å². The van der Waals surface area contributed by atoms with Gasteiger partial charge < -0.3 is 9.88 Å². The van der Waals surface area contributed by atoms with E-state index in [4.69, 9.17) is 0 Å². The average Bonchev–Trinajstić information content (AvgIpc) is 2.86. The van der Waals surface area contributed by atoms with Crippen LogP contribution in [0.5, 0.6) is 0 Å². The molecule has 1 aliphatic rings. The topological polar surface area (TPSA) is 76.9 Å². The van der Waals surface area contributed by atoms with Crippen LogP contribution in [-0.4, -0.2) is 32.2 Å². The van der Waals surface area contributed by atoms with Gasteiger partial charge in [0.1, 0.15) is 5.82 Å². The van der Waals surface area contributed by atoms with E-state index in [0.717, 1.165) is 36.8 Å². The number of rotatable bonds is 7. The number of Topliss-reactive ketones (excluding diaryl/α,β-unsaturated/α-hetero) is 1. The fourth-order valence-electron chi connectivity index (χ4n) is 3.10. The number of hydrogen-bond donors (Lipinski definition) is 1. The molecule has 7 heteroatoms. The van der Waals surface area contributed by atoms with Gasteiger partial charge >= 0.3 is 0 Å². The summed E-state index contributed by atoms with van der Waals surface area (Å²) < 4.78 is 2.15. The number of anilines is 1. The molecule has 1 amide bonds. The predicted molar refractivity (Wildman–Crippen MR) is 107 cm³/mol. The molecule has 3 rings (SSSR count). The largest absolute Gasteiger partial charge is 0.326 e. The van der Waals surface area contributed by atoms with Crippen LogP contribution >= 0.6 is 11.8 Å². The highest BCUT2D eigenvalue weighted by molar-refractivity contribution is 7.99. The first-order valence-corrected chi connectivity index (χ1v) is 10.5. The Morgan fingerprint density at radius 3 is 2.67 bits per heavy atom. The van der Waals surface area contributed by atoms with Crippen LogP contribution in [-0.2, 0) is 17.8 Å². The standard InChI is InChI=1S/C20H26N4O2S/c1-14(2)12-19(26)21-16-9-7-15(8-10-16)17(25)13-27-20-23-22-18-6-4-3-5-11-24(18)20/h7-10,14H,3-6,11-13H2,1-2H3,(H,21,26). The first-order chi connectivity index (χ1) is 13.0. The number of aryl methyl sites for hydroxylation is 1. The van der Waals surface area contributed by atoms with E-state index in [1.807, 2.05) is 13.8 Å². The summed E-state index contributed by atoms with van der Waals surface area (Å²) in [6, 6.07) is 7.08. The smallest absolute Gasteiger partial charge is 0.224 e. The number of amides is 1. The first-order valence-electron chi connectivity index (χ1n) is 9.51. The minimum absolute atomic E-state index is 0.00729. The molecule has 0 saturated carbocycles. The zero-order chi connectivity index (χ0) is 19.2. The highest BCUT2D eigenvalue weighted by atomic mass is 32.2. The molecule has 0 atom stereocenters. The van der Waals surface area contributed by atoms with Crippen molar-refractivity contribution in [2.75, 3.05) is 11.1 Å². The van der Waals surface area contributed by atoms with Crippen LogP contribution in [0.25, 0.3) is 0 Å². The van der Waals surface area contributed by atoms with Gasteiger partial charge in [0.2, 0.25) is 5.91 Å². The summed E-state index contributed by atoms with van der Waals surface area (Å²) in [5, 5.41) is 12.2. The number of fused-ring (bicyclic) bond motifs is 1. The molecule has 2 aromatic rings. The average molecular weight is 387 g/mol. The van der Waals surface area contributed by atoms with Gasteiger partial charge in [0.15, 0.2) is 10.9 Å². The van der Waals surface area contributed by atoms with Crippen molar-refractivity contribution in [2.24, 2.45) is 5.92 Å². The zero-order valence-electron chi connectivity index (χ0n) is 15.9. The second-order valence-electron chi connectivity index (χ2n) is 7.30. The third-order valence-corrected chi connectivity index (χ3v) is 5.46. The number of hydrogen-bond acceptors (Lipinski definition) is 5. The van der Waals surface area contributed by atoms with Crippen LogP contribution in [0.4, 0.5) is 5.69 Å². The van der Waals surface area contributed by atoms with Crippen molar-refractivity contribution in [1.82, 2.24) is 14.8 Å². The molecule has 1 aromatic carbocycles. The van der Waals surface area contributed by atoms with Crippen molar-refractivity contribution >= 4 is 29.1 Å². The fourth-order valence-corrected chi connectivity index (χ4v) is 3.98. The molecule has 0 unspecified atom stereocenters. The molecule has 0 bridgehead atoms. The van der Waals surface area contributed by atoms with Crippen LogP contribution in [0.3, 0.4) is 0 Å². The lowest BCUT2D eigenvalue weighted by atomic mass is 10.1. The summed E-state index contributed by atoms with van der Waals surface area (Å²) in [6.45, 7) is 4.95. The molecule has 2 heterocycles. The van der Waals surface area contributed by atoms with E-state index in [1.165, 1.54) is 18.2 Å². The van der Waals surface area contributed by atoms with Crippen LogP contribution in [0, 0.1) is 5.92 Å². The number of nitrogens with one attached hydrogen (secondary N) is 1. The van der Waals surface area contributed by atoms with E-state index in [1.54, 1.807) is 24.3 Å². The zero-order valence-corrected chi connectivity index (χ0v) is 16.7. The van der Waals surface area contributed by atoms with Crippen molar-refractivity contribution in [2.45, 2.75) is 57.7 Å². The summed E-state index contributed by atoms with van der Waals surface area (Å²) in [5.74, 6) is 1.72. The van der Waals surface area contributed by atoms with Crippen LogP contribution in [0.1, 0.15) is 55.7 Å². The molecular weight excluding hydrogens is 360 g/mol. The second kappa shape index (κ2) is 9.17. The van der Waals surface area contributed by atoms with Gasteiger partial charge in [-0.3, -0.25) is 9.59 Å². The molecule has 0 fully saturated rings. The fraction of sp³-hybridized carbons (Fsp3) is 0.500. The molecule has 1 aliphatic heterocycles. The molecule has 1 N–H and O–H groups in total. The molecule has 0 saturated heterocycles. The molecule has 144 valence electrons. The van der Waals surface area contributed by atoms with Crippen molar-refractivity contribution in [3.8, 4) is 0 Å². The first kappa shape index (κ1) is 19.6. The maximum atomic E-state index is 12.5. The minimum Gasteiger partial charge on any atom is -0.326 e. The SMILES string of the molecule is CC(C)CC(=O)Nc1ccc(C(=O)CSc2nnc3n2CCCCC3)cc1. The number of aromatic nitrogens is 3. The van der Waals surface area contributed by atoms with Gasteiger partial charge in [-0.1, -0.05) is 32.0 Å². The van der Waals surface area contributed by atoms with E-state index in [0.29, 0.717) is 29.3 Å². The number of thioether (sulfide) groups is 1. The van der Waals surface area contributed by atoms with E-state index in [9.17, 15) is 9.59 Å². The van der Waals surface area contributed by atoms with Gasteiger partial charge in [-0.15, -0.1) is 10.2 Å². The molecule has 1 aromatic heterocycles. The van der Waals surface area contributed by atoms with Crippen molar-refractivity contribution < 1.29 is 9.59 Å². The van der Waals surface area contributed by atoms with Gasteiger partial charge in [-0.2, -0.15) is 0 Å². The predicted octanol–water partition coefficient (Wildman–Crippen LogP) is 3.96. The van der Waals surface area contributed by atoms with Crippen LogP contribution in [0.2, 0.25) is 0 Å². The third-order valence-electron chi connectivity index (χ3n) is 4.49. The summed E-state index contributed by atoms with van der Waals surface area (Å²) >= 11 is 1.45. The molecule has 0 aliphatic carbocycles. The molecule has 0 spiro atoms. The lowest BCUT2D eigenvalue weighted by Crippen LogP contribution is -2.14. The van der Waals surface area contributed by atoms with Gasteiger partial charge in [-0.05, 0) is 43.0 Å². The van der Waals surface area contributed by atoms with E-state index >= 15 is 0 Å². The van der Waals surface area contributed by atoms with Gasteiger partial charge in [0.25, 0.3) is 0 Å². The Morgan fingerprint density at radius 1 is 1.15 bits per heavy atom. The molecule has 6 nitrogen and oxygen atoms in total. The van der Waals surface area contributed by atoms with Crippen LogP contribution in [0.15, 0.2) is 29.4 Å². The number of carbonyl (C=O) groups is 2. The quantitative estimate of drug-likeness (QED) is 0.576. The minimum atomic E-state index is -0.00729. The van der Waals surface area contributed by atoms with Gasteiger partial charge in [-0.25, -0.2) is 0 Å². The van der Waals surface area contributed by atoms with Crippen molar-refractivity contribution in [3.63, 3.8) is 0 Å². The number of ketones is 1. The highest BCUT2D eigenvalue weighted by Gasteiger charge is 2.16. The maximum Gasteiger partial charge on any atom is 0.224 e. The molecular formula is C20H26N4O2S. The third kappa shape index (κ3) is 5.42. The molecule has 27 heavy (non-hydrogen) atoms. The Kier molecular flexibility index (Phi) is 6.66. The summed E-state index contributed by atoms with van der Waals surface area (Å²) in [4.78, 5) is 24.3. The number of benzene rings is 1. The summed E-state index contributed by atoms with van der Waals surface area (Å²) in [7, 11) is 0. The Morgan fingerprint density at radius 2 is 1.93 bits per heavy atom. The Bertz CT molecular complexity index is 799. The Labute approximate surface area is 164 Å². The monoisotopic (exact) mass is 386 g/mol. The Balaban J connectivity index is 1.55. The number of carbonyl (C=O) groups excluding carboxylic acids is 2. The van der Waals surface area contributed by atoms with E-state index in [-0.39, 0.29) is 11.7 Å². The maximum absolute atomic E-state index is 12.5. The lowest BCUT2D eigenvalue weighted by Gasteiger charge is -2.08. The van der Waals surface area contributed by atoms with Crippen molar-refractivity contribution in [1.29, 1.82) is 0 Å². The van der Waals surface area contributed by atoms with Gasteiger partial charge in [0.05, 0.1) is 5.75 Å². The molecule has 0 radical (unpaired) electrons. The van der Waals surface area contributed by atoms with E-state index < -0.39 is 0 Å². The normalized spacial score (nSPS) is 13.9. The van der Waals surface area contributed by atoms with Crippen LogP contribution < -0.4 is 5.32 Å². The number of nitrogens with zero attached hydrogens (tertiary/aromatic N) is 3. The highest BCUT2D eigenvalue weighted by Crippen LogP contribution is 2.23. The second-order valence-corrected chi connectivity index (χ2v) is 8.24. The van der Waals surface area contributed by atoms with Crippen molar-refractivity contribution in [3.05, 3.63) is 35.7 Å². The lowest BCUT2D eigenvalue weighted by molar-refractivity contribution is -0.116. The Hall–Kier alpha value is -2.15.